The maximum atomic E-state index is 12.9. The standard InChI is InChI=1S/C24H28N4O3/c1-3-24(17-7-5-4-6-8-17)15-31-20-18(21(29)26-2)11-23(22(25)30,12-19(20)24)10-9-16-13-27-28-14-16/h4-8,11,13-14H,3,9-10,12,15H2,1-2H3,(H2,25,30)(H,26,29)(H,27,28). The summed E-state index contributed by atoms with van der Waals surface area (Å²) in [6.07, 6.45) is 7.59. The van der Waals surface area contributed by atoms with Crippen molar-refractivity contribution < 1.29 is 14.3 Å². The topological polar surface area (TPSA) is 110 Å². The molecule has 0 spiro atoms. The number of hydrogen-bond donors (Lipinski definition) is 3. The molecule has 2 heterocycles. The number of ether oxygens (including phenoxy) is 1. The van der Waals surface area contributed by atoms with Crippen LogP contribution in [0.2, 0.25) is 0 Å². The predicted octanol–water partition coefficient (Wildman–Crippen LogP) is 2.52. The first-order valence-electron chi connectivity index (χ1n) is 10.6. The molecule has 2 atom stereocenters. The molecule has 2 unspecified atom stereocenters. The number of primary amides is 1. The molecule has 0 saturated heterocycles. The maximum Gasteiger partial charge on any atom is 0.254 e. The van der Waals surface area contributed by atoms with Crippen molar-refractivity contribution >= 4 is 11.8 Å². The van der Waals surface area contributed by atoms with E-state index in [9.17, 15) is 9.59 Å². The largest absolute Gasteiger partial charge is 0.492 e. The Kier molecular flexibility index (Phi) is 5.43. The van der Waals surface area contributed by atoms with Crippen molar-refractivity contribution in [2.75, 3.05) is 13.7 Å². The molecule has 4 N–H and O–H groups in total. The zero-order valence-electron chi connectivity index (χ0n) is 17.9. The number of aromatic nitrogens is 2. The van der Waals surface area contributed by atoms with Crippen LogP contribution >= 0.6 is 0 Å². The lowest BCUT2D eigenvalue weighted by Gasteiger charge is -2.37. The number of likely N-dealkylation sites (N-methyl/N-ethyl adjacent to an activating group) is 1. The third-order valence-electron chi connectivity index (χ3n) is 6.78. The van der Waals surface area contributed by atoms with E-state index in [2.05, 4.69) is 34.6 Å². The molecule has 2 aromatic rings. The lowest BCUT2D eigenvalue weighted by Crippen LogP contribution is -2.42. The maximum absolute atomic E-state index is 12.9. The van der Waals surface area contributed by atoms with Gasteiger partial charge in [-0.15, -0.1) is 0 Å². The van der Waals surface area contributed by atoms with Crippen molar-refractivity contribution in [1.29, 1.82) is 0 Å². The van der Waals surface area contributed by atoms with Crippen molar-refractivity contribution in [2.45, 2.75) is 38.0 Å². The summed E-state index contributed by atoms with van der Waals surface area (Å²) >= 11 is 0. The molecule has 2 aliphatic rings. The van der Waals surface area contributed by atoms with E-state index in [1.54, 1.807) is 19.3 Å². The number of carbonyl (C=O) groups excluding carboxylic acids is 2. The highest BCUT2D eigenvalue weighted by molar-refractivity contribution is 6.00. The van der Waals surface area contributed by atoms with Gasteiger partial charge in [0.15, 0.2) is 0 Å². The summed E-state index contributed by atoms with van der Waals surface area (Å²) < 4.78 is 6.16. The van der Waals surface area contributed by atoms with Gasteiger partial charge in [0.25, 0.3) is 5.91 Å². The van der Waals surface area contributed by atoms with E-state index < -0.39 is 16.7 Å². The Morgan fingerprint density at radius 1 is 1.29 bits per heavy atom. The number of nitrogens with zero attached hydrogens (tertiary/aromatic N) is 1. The number of H-pyrrole nitrogens is 1. The Balaban J connectivity index is 1.83. The number of aromatic amines is 1. The second kappa shape index (κ2) is 8.06. The van der Waals surface area contributed by atoms with Gasteiger partial charge < -0.3 is 15.8 Å². The first-order valence-corrected chi connectivity index (χ1v) is 10.6. The summed E-state index contributed by atoms with van der Waals surface area (Å²) in [6.45, 7) is 2.55. The lowest BCUT2D eigenvalue weighted by atomic mass is 9.63. The fraction of sp³-hybridized carbons (Fsp3) is 0.375. The zero-order valence-corrected chi connectivity index (χ0v) is 17.9. The average molecular weight is 421 g/mol. The lowest BCUT2D eigenvalue weighted by molar-refractivity contribution is -0.125. The van der Waals surface area contributed by atoms with Crippen LogP contribution in [0.15, 0.2) is 65.7 Å². The minimum absolute atomic E-state index is 0.277. The van der Waals surface area contributed by atoms with Crippen LogP contribution in [-0.2, 0) is 26.2 Å². The summed E-state index contributed by atoms with van der Waals surface area (Å²) in [4.78, 5) is 25.7. The van der Waals surface area contributed by atoms with Crippen LogP contribution in [0.5, 0.6) is 0 Å². The molecule has 1 aliphatic heterocycles. The average Bonchev–Trinajstić information content (AvgIpc) is 3.45. The normalized spacial score (nSPS) is 24.9. The second-order valence-electron chi connectivity index (χ2n) is 8.34. The minimum Gasteiger partial charge on any atom is -0.492 e. The van der Waals surface area contributed by atoms with E-state index in [0.29, 0.717) is 37.2 Å². The van der Waals surface area contributed by atoms with Crippen molar-refractivity contribution in [2.24, 2.45) is 11.1 Å². The van der Waals surface area contributed by atoms with E-state index in [-0.39, 0.29) is 5.91 Å². The van der Waals surface area contributed by atoms with E-state index in [1.807, 2.05) is 24.4 Å². The van der Waals surface area contributed by atoms with E-state index in [1.165, 1.54) is 0 Å². The highest BCUT2D eigenvalue weighted by Gasteiger charge is 2.51. The third-order valence-corrected chi connectivity index (χ3v) is 6.78. The Bertz CT molecular complexity index is 1040. The Labute approximate surface area is 181 Å². The molecule has 1 aromatic carbocycles. The Hall–Kier alpha value is -3.35. The highest BCUT2D eigenvalue weighted by Crippen LogP contribution is 2.53. The number of aryl methyl sites for hydroxylation is 1. The smallest absolute Gasteiger partial charge is 0.254 e. The van der Waals surface area contributed by atoms with Crippen molar-refractivity contribution in [3.8, 4) is 0 Å². The van der Waals surface area contributed by atoms with Crippen LogP contribution in [0.1, 0.15) is 37.3 Å². The van der Waals surface area contributed by atoms with Gasteiger partial charge in [-0.2, -0.15) is 5.10 Å². The van der Waals surface area contributed by atoms with Gasteiger partial charge in [-0.05, 0) is 42.4 Å². The Morgan fingerprint density at radius 3 is 2.68 bits per heavy atom. The number of rotatable bonds is 7. The molecule has 2 amide bonds. The molecular formula is C24H28N4O3. The van der Waals surface area contributed by atoms with Crippen LogP contribution in [0.25, 0.3) is 0 Å². The highest BCUT2D eigenvalue weighted by atomic mass is 16.5. The van der Waals surface area contributed by atoms with Gasteiger partial charge in [-0.3, -0.25) is 14.7 Å². The van der Waals surface area contributed by atoms with Crippen molar-refractivity contribution in [1.82, 2.24) is 15.5 Å². The van der Waals surface area contributed by atoms with Gasteiger partial charge in [0, 0.05) is 13.2 Å². The number of amides is 2. The van der Waals surface area contributed by atoms with Crippen LogP contribution in [0, 0.1) is 5.41 Å². The van der Waals surface area contributed by atoms with Crippen molar-refractivity contribution in [3.63, 3.8) is 0 Å². The predicted molar refractivity (Wildman–Crippen MR) is 117 cm³/mol. The SMILES string of the molecule is CCC1(c2ccccc2)COC2=C1CC(CCc1cn[nH]c1)(C(N)=O)C=C2C(=O)NC. The van der Waals surface area contributed by atoms with Gasteiger partial charge in [-0.25, -0.2) is 0 Å². The molecule has 1 aliphatic carbocycles. The molecule has 0 bridgehead atoms. The fourth-order valence-electron chi connectivity index (χ4n) is 4.85. The summed E-state index contributed by atoms with van der Waals surface area (Å²) in [6, 6.07) is 10.2. The number of benzene rings is 1. The number of nitrogens with one attached hydrogen (secondary N) is 2. The third kappa shape index (κ3) is 3.44. The van der Waals surface area contributed by atoms with Crippen LogP contribution in [0.4, 0.5) is 0 Å². The molecule has 0 fully saturated rings. The summed E-state index contributed by atoms with van der Waals surface area (Å²) in [5.74, 6) is -0.125. The van der Waals surface area contributed by atoms with Gasteiger partial charge in [0.1, 0.15) is 12.4 Å². The molecule has 7 nitrogen and oxygen atoms in total. The monoisotopic (exact) mass is 420 g/mol. The molecule has 1 aromatic heterocycles. The minimum atomic E-state index is -0.985. The quantitative estimate of drug-likeness (QED) is 0.639. The zero-order chi connectivity index (χ0) is 22.1. The van der Waals surface area contributed by atoms with Crippen molar-refractivity contribution in [3.05, 3.63) is 76.8 Å². The van der Waals surface area contributed by atoms with E-state index >= 15 is 0 Å². The molecule has 0 radical (unpaired) electrons. The van der Waals surface area contributed by atoms with Gasteiger partial charge >= 0.3 is 0 Å². The fourth-order valence-corrected chi connectivity index (χ4v) is 4.85. The number of nitrogens with two attached hydrogens (primary N) is 1. The van der Waals surface area contributed by atoms with Crippen LogP contribution in [-0.4, -0.2) is 35.7 Å². The molecule has 0 saturated carbocycles. The number of carbonyl (C=O) groups is 2. The molecule has 162 valence electrons. The van der Waals surface area contributed by atoms with Gasteiger partial charge in [-0.1, -0.05) is 43.3 Å². The molecular weight excluding hydrogens is 392 g/mol. The Morgan fingerprint density at radius 2 is 2.06 bits per heavy atom. The molecule has 7 heteroatoms. The van der Waals surface area contributed by atoms with E-state index in [4.69, 9.17) is 10.5 Å². The molecule has 31 heavy (non-hydrogen) atoms. The first-order chi connectivity index (χ1) is 15.0. The van der Waals surface area contributed by atoms with Gasteiger partial charge in [0.2, 0.25) is 5.91 Å². The van der Waals surface area contributed by atoms with E-state index in [0.717, 1.165) is 23.1 Å². The van der Waals surface area contributed by atoms with Gasteiger partial charge in [0.05, 0.1) is 22.6 Å². The van der Waals surface area contributed by atoms with Crippen LogP contribution in [0.3, 0.4) is 0 Å². The number of hydrogen-bond acceptors (Lipinski definition) is 4. The summed E-state index contributed by atoms with van der Waals surface area (Å²) in [5, 5.41) is 9.48. The van der Waals surface area contributed by atoms with Crippen LogP contribution < -0.4 is 11.1 Å². The summed E-state index contributed by atoms with van der Waals surface area (Å²) in [5.41, 5.74) is 8.09. The second-order valence-corrected chi connectivity index (χ2v) is 8.34. The molecule has 4 rings (SSSR count). The first kappa shape index (κ1) is 20.9. The summed E-state index contributed by atoms with van der Waals surface area (Å²) in [7, 11) is 1.58.